The molecule has 3 rings (SSSR count). The molecule has 0 bridgehead atoms. The van der Waals surface area contributed by atoms with Crippen molar-refractivity contribution in [3.63, 3.8) is 0 Å². The number of fused-ring (bicyclic) bond motifs is 1. The Hall–Kier alpha value is -1.58. The Balaban J connectivity index is 2.10. The SMILES string of the molecule is CN(c1ccncc1)c1csc2cc(Cl)ccc12. The average molecular weight is 275 g/mol. The van der Waals surface area contributed by atoms with Gasteiger partial charge in [-0.15, -0.1) is 11.3 Å². The summed E-state index contributed by atoms with van der Waals surface area (Å²) in [5.74, 6) is 0. The van der Waals surface area contributed by atoms with Gasteiger partial charge in [0.25, 0.3) is 0 Å². The van der Waals surface area contributed by atoms with Crippen LogP contribution in [-0.2, 0) is 0 Å². The van der Waals surface area contributed by atoms with Gasteiger partial charge in [-0.05, 0) is 30.3 Å². The van der Waals surface area contributed by atoms with Gasteiger partial charge in [0, 0.05) is 45.6 Å². The van der Waals surface area contributed by atoms with Gasteiger partial charge < -0.3 is 4.90 Å². The molecule has 0 fully saturated rings. The number of pyridine rings is 1. The van der Waals surface area contributed by atoms with E-state index in [1.807, 2.05) is 24.3 Å². The van der Waals surface area contributed by atoms with Crippen molar-refractivity contribution in [3.8, 4) is 0 Å². The summed E-state index contributed by atoms with van der Waals surface area (Å²) in [6, 6.07) is 10.0. The lowest BCUT2D eigenvalue weighted by atomic mass is 10.2. The van der Waals surface area contributed by atoms with Crippen LogP contribution in [0.3, 0.4) is 0 Å². The molecule has 2 heterocycles. The van der Waals surface area contributed by atoms with Crippen molar-refractivity contribution in [2.75, 3.05) is 11.9 Å². The van der Waals surface area contributed by atoms with Crippen LogP contribution in [0.4, 0.5) is 11.4 Å². The predicted molar refractivity (Wildman–Crippen MR) is 79.1 cm³/mol. The molecule has 1 aromatic carbocycles. The molecule has 0 aliphatic rings. The molecule has 0 spiro atoms. The highest BCUT2D eigenvalue weighted by atomic mass is 35.5. The van der Waals surface area contributed by atoms with Crippen LogP contribution in [0.15, 0.2) is 48.1 Å². The molecule has 90 valence electrons. The van der Waals surface area contributed by atoms with Gasteiger partial charge in [-0.2, -0.15) is 0 Å². The van der Waals surface area contributed by atoms with Gasteiger partial charge in [0.15, 0.2) is 0 Å². The average Bonchev–Trinajstić information content (AvgIpc) is 2.81. The first-order chi connectivity index (χ1) is 8.75. The highest BCUT2D eigenvalue weighted by molar-refractivity contribution is 7.17. The zero-order valence-electron chi connectivity index (χ0n) is 9.80. The molecular weight excluding hydrogens is 264 g/mol. The number of thiophene rings is 1. The summed E-state index contributed by atoms with van der Waals surface area (Å²) in [6.45, 7) is 0. The molecule has 0 N–H and O–H groups in total. The molecule has 0 unspecified atom stereocenters. The van der Waals surface area contributed by atoms with Crippen molar-refractivity contribution in [3.05, 3.63) is 53.1 Å². The number of halogens is 1. The van der Waals surface area contributed by atoms with Gasteiger partial charge >= 0.3 is 0 Å². The number of hydrogen-bond acceptors (Lipinski definition) is 3. The van der Waals surface area contributed by atoms with Crippen molar-refractivity contribution >= 4 is 44.4 Å². The Morgan fingerprint density at radius 2 is 1.94 bits per heavy atom. The van der Waals surface area contributed by atoms with E-state index in [2.05, 4.69) is 28.4 Å². The summed E-state index contributed by atoms with van der Waals surface area (Å²) >= 11 is 7.72. The van der Waals surface area contributed by atoms with E-state index in [4.69, 9.17) is 11.6 Å². The quantitative estimate of drug-likeness (QED) is 0.672. The molecule has 0 radical (unpaired) electrons. The number of rotatable bonds is 2. The van der Waals surface area contributed by atoms with E-state index in [1.54, 1.807) is 23.7 Å². The Morgan fingerprint density at radius 3 is 2.72 bits per heavy atom. The molecule has 0 saturated carbocycles. The Morgan fingerprint density at radius 1 is 1.17 bits per heavy atom. The number of nitrogens with zero attached hydrogens (tertiary/aromatic N) is 2. The van der Waals surface area contributed by atoms with Crippen LogP contribution in [0.1, 0.15) is 0 Å². The van der Waals surface area contributed by atoms with Crippen molar-refractivity contribution in [2.24, 2.45) is 0 Å². The van der Waals surface area contributed by atoms with Crippen molar-refractivity contribution < 1.29 is 0 Å². The minimum absolute atomic E-state index is 0.780. The molecule has 0 aliphatic heterocycles. The van der Waals surface area contributed by atoms with E-state index >= 15 is 0 Å². The minimum atomic E-state index is 0.780. The molecule has 4 heteroatoms. The second-order valence-corrected chi connectivity index (χ2v) is 5.37. The smallest absolute Gasteiger partial charge is 0.0596 e. The molecule has 0 amide bonds. The Kier molecular flexibility index (Phi) is 2.94. The van der Waals surface area contributed by atoms with Crippen LogP contribution in [0.5, 0.6) is 0 Å². The monoisotopic (exact) mass is 274 g/mol. The molecule has 18 heavy (non-hydrogen) atoms. The highest BCUT2D eigenvalue weighted by Gasteiger charge is 2.10. The van der Waals surface area contributed by atoms with Crippen LogP contribution >= 0.6 is 22.9 Å². The van der Waals surface area contributed by atoms with Gasteiger partial charge in [-0.1, -0.05) is 11.6 Å². The minimum Gasteiger partial charge on any atom is -0.343 e. The van der Waals surface area contributed by atoms with Crippen molar-refractivity contribution in [1.82, 2.24) is 4.98 Å². The summed E-state index contributed by atoms with van der Waals surface area (Å²) in [7, 11) is 2.06. The lowest BCUT2D eigenvalue weighted by molar-refractivity contribution is 1.20. The van der Waals surface area contributed by atoms with Crippen LogP contribution in [0, 0.1) is 0 Å². The lowest BCUT2D eigenvalue weighted by Gasteiger charge is -2.18. The third-order valence-corrected chi connectivity index (χ3v) is 4.10. The van der Waals surface area contributed by atoms with E-state index < -0.39 is 0 Å². The molecular formula is C14H11ClN2S. The first-order valence-corrected chi connectivity index (χ1v) is 6.82. The fraction of sp³-hybridized carbons (Fsp3) is 0.0714. The first kappa shape index (κ1) is 11.5. The number of anilines is 2. The summed E-state index contributed by atoms with van der Waals surface area (Å²) in [5, 5.41) is 4.16. The second kappa shape index (κ2) is 4.59. The standard InChI is InChI=1S/C14H11ClN2S/c1-17(11-4-6-16-7-5-11)13-9-18-14-8-10(15)2-3-12(13)14/h2-9H,1H3. The normalized spacial score (nSPS) is 10.8. The van der Waals surface area contributed by atoms with Gasteiger partial charge in [-0.25, -0.2) is 0 Å². The fourth-order valence-corrected chi connectivity index (χ4v) is 3.21. The molecule has 2 nitrogen and oxygen atoms in total. The van der Waals surface area contributed by atoms with Crippen LogP contribution in [0.2, 0.25) is 5.02 Å². The third kappa shape index (κ3) is 1.96. The van der Waals surface area contributed by atoms with Crippen LogP contribution in [0.25, 0.3) is 10.1 Å². The molecule has 3 aromatic rings. The van der Waals surface area contributed by atoms with E-state index in [0.29, 0.717) is 0 Å². The van der Waals surface area contributed by atoms with Gasteiger partial charge in [0.1, 0.15) is 0 Å². The first-order valence-electron chi connectivity index (χ1n) is 5.56. The summed E-state index contributed by atoms with van der Waals surface area (Å²) in [4.78, 5) is 6.20. The summed E-state index contributed by atoms with van der Waals surface area (Å²) < 4.78 is 1.21. The predicted octanol–water partition coefficient (Wildman–Crippen LogP) is 4.72. The van der Waals surface area contributed by atoms with E-state index in [9.17, 15) is 0 Å². The zero-order valence-corrected chi connectivity index (χ0v) is 11.4. The van der Waals surface area contributed by atoms with Crippen LogP contribution in [-0.4, -0.2) is 12.0 Å². The maximum Gasteiger partial charge on any atom is 0.0596 e. The molecule has 0 saturated heterocycles. The Labute approximate surface area is 114 Å². The maximum atomic E-state index is 6.01. The molecule has 0 atom stereocenters. The topological polar surface area (TPSA) is 16.1 Å². The highest BCUT2D eigenvalue weighted by Crippen LogP contribution is 2.36. The van der Waals surface area contributed by atoms with Crippen molar-refractivity contribution in [1.29, 1.82) is 0 Å². The Bertz CT molecular complexity index is 679. The molecule has 2 aromatic heterocycles. The van der Waals surface area contributed by atoms with Gasteiger partial charge in [0.2, 0.25) is 0 Å². The molecule has 0 aliphatic carbocycles. The van der Waals surface area contributed by atoms with E-state index in [-0.39, 0.29) is 0 Å². The second-order valence-electron chi connectivity index (χ2n) is 4.03. The summed E-state index contributed by atoms with van der Waals surface area (Å²) in [6.07, 6.45) is 3.61. The zero-order chi connectivity index (χ0) is 12.5. The van der Waals surface area contributed by atoms with Crippen molar-refractivity contribution in [2.45, 2.75) is 0 Å². The third-order valence-electron chi connectivity index (χ3n) is 2.93. The lowest BCUT2D eigenvalue weighted by Crippen LogP contribution is -2.08. The number of hydrogen-bond donors (Lipinski definition) is 0. The van der Waals surface area contributed by atoms with Gasteiger partial charge in [0.05, 0.1) is 5.69 Å². The largest absolute Gasteiger partial charge is 0.343 e. The number of aromatic nitrogens is 1. The number of benzene rings is 1. The maximum absolute atomic E-state index is 6.01. The van der Waals surface area contributed by atoms with E-state index in [0.717, 1.165) is 10.7 Å². The van der Waals surface area contributed by atoms with Crippen LogP contribution < -0.4 is 4.90 Å². The fourth-order valence-electron chi connectivity index (χ4n) is 1.95. The van der Waals surface area contributed by atoms with E-state index in [1.165, 1.54) is 15.8 Å². The van der Waals surface area contributed by atoms with Gasteiger partial charge in [-0.3, -0.25) is 4.98 Å². The summed E-state index contributed by atoms with van der Waals surface area (Å²) in [5.41, 5.74) is 2.32.